The summed E-state index contributed by atoms with van der Waals surface area (Å²) in [5.74, 6) is -1.28. The van der Waals surface area contributed by atoms with Crippen LogP contribution in [-0.2, 0) is 4.74 Å². The van der Waals surface area contributed by atoms with E-state index < -0.39 is 17.5 Å². The van der Waals surface area contributed by atoms with Crippen LogP contribution in [0.25, 0.3) is 0 Å². The SMILES string of the molecule is CCOC1(C)NN=C2[C@@H](C)[C@H](c3c(F)cc(C)cc3F)CN21. The van der Waals surface area contributed by atoms with E-state index in [0.29, 0.717) is 18.7 Å². The number of fused-ring (bicyclic) bond motifs is 1. The Bertz CT molecular complexity index is 611. The Labute approximate surface area is 129 Å². The van der Waals surface area contributed by atoms with Gasteiger partial charge in [0.05, 0.1) is 0 Å². The van der Waals surface area contributed by atoms with Crippen molar-refractivity contribution in [3.8, 4) is 0 Å². The monoisotopic (exact) mass is 309 g/mol. The molecular formula is C16H21F2N3O. The van der Waals surface area contributed by atoms with Crippen LogP contribution in [0, 0.1) is 24.5 Å². The van der Waals surface area contributed by atoms with Crippen molar-refractivity contribution in [1.82, 2.24) is 10.3 Å². The molecule has 1 unspecified atom stereocenters. The number of nitrogens with one attached hydrogen (secondary N) is 1. The Balaban J connectivity index is 1.96. The van der Waals surface area contributed by atoms with Gasteiger partial charge in [-0.05, 0) is 31.5 Å². The van der Waals surface area contributed by atoms with Crippen LogP contribution in [0.1, 0.15) is 37.8 Å². The summed E-state index contributed by atoms with van der Waals surface area (Å²) in [6.07, 6.45) is 0. The molecule has 0 aromatic heterocycles. The molecule has 2 heterocycles. The summed E-state index contributed by atoms with van der Waals surface area (Å²) in [4.78, 5) is 1.96. The number of benzene rings is 1. The van der Waals surface area contributed by atoms with Crippen molar-refractivity contribution >= 4 is 5.84 Å². The van der Waals surface area contributed by atoms with Gasteiger partial charge in [-0.3, -0.25) is 5.43 Å². The highest BCUT2D eigenvalue weighted by Crippen LogP contribution is 2.41. The molecule has 1 aromatic carbocycles. The minimum absolute atomic E-state index is 0.0820. The average Bonchev–Trinajstić information content (AvgIpc) is 2.90. The van der Waals surface area contributed by atoms with Crippen LogP contribution in [0.2, 0.25) is 0 Å². The van der Waals surface area contributed by atoms with E-state index >= 15 is 0 Å². The highest BCUT2D eigenvalue weighted by Gasteiger charge is 2.50. The molecule has 1 saturated heterocycles. The summed E-state index contributed by atoms with van der Waals surface area (Å²) >= 11 is 0. The lowest BCUT2D eigenvalue weighted by Gasteiger charge is -2.33. The first-order valence-corrected chi connectivity index (χ1v) is 7.59. The second-order valence-corrected chi connectivity index (χ2v) is 6.15. The Kier molecular flexibility index (Phi) is 3.59. The zero-order chi connectivity index (χ0) is 16.1. The molecule has 3 rings (SSSR count). The number of hydrogen-bond donors (Lipinski definition) is 1. The van der Waals surface area contributed by atoms with Gasteiger partial charge in [0, 0.05) is 37.5 Å². The lowest BCUT2D eigenvalue weighted by atomic mass is 9.88. The normalized spacial score (nSPS) is 30.3. The third kappa shape index (κ3) is 2.17. The fourth-order valence-electron chi connectivity index (χ4n) is 3.45. The number of aryl methyl sites for hydroxylation is 1. The lowest BCUT2D eigenvalue weighted by Crippen LogP contribution is -2.52. The van der Waals surface area contributed by atoms with Gasteiger partial charge in [0.15, 0.2) is 0 Å². The van der Waals surface area contributed by atoms with Crippen molar-refractivity contribution in [2.75, 3.05) is 13.2 Å². The maximum atomic E-state index is 14.3. The van der Waals surface area contributed by atoms with Gasteiger partial charge < -0.3 is 9.64 Å². The zero-order valence-corrected chi connectivity index (χ0v) is 13.3. The van der Waals surface area contributed by atoms with E-state index in [1.807, 2.05) is 25.7 Å². The van der Waals surface area contributed by atoms with Gasteiger partial charge in [-0.2, -0.15) is 5.10 Å². The molecule has 0 saturated carbocycles. The third-order valence-corrected chi connectivity index (χ3v) is 4.58. The first-order valence-electron chi connectivity index (χ1n) is 7.59. The minimum Gasteiger partial charge on any atom is -0.338 e. The quantitative estimate of drug-likeness (QED) is 0.933. The smallest absolute Gasteiger partial charge is 0.232 e. The molecular weight excluding hydrogens is 288 g/mol. The van der Waals surface area contributed by atoms with Crippen molar-refractivity contribution in [3.05, 3.63) is 34.9 Å². The molecule has 2 aliphatic heterocycles. The van der Waals surface area contributed by atoms with Crippen molar-refractivity contribution in [2.24, 2.45) is 11.0 Å². The molecule has 2 aliphatic rings. The molecule has 0 spiro atoms. The maximum Gasteiger partial charge on any atom is 0.232 e. The topological polar surface area (TPSA) is 36.9 Å². The van der Waals surface area contributed by atoms with E-state index in [1.54, 1.807) is 6.92 Å². The second-order valence-electron chi connectivity index (χ2n) is 6.15. The van der Waals surface area contributed by atoms with E-state index in [4.69, 9.17) is 4.74 Å². The lowest BCUT2D eigenvalue weighted by molar-refractivity contribution is -0.120. The second kappa shape index (κ2) is 5.19. The third-order valence-electron chi connectivity index (χ3n) is 4.58. The molecule has 0 radical (unpaired) electrons. The van der Waals surface area contributed by atoms with Crippen molar-refractivity contribution in [1.29, 1.82) is 0 Å². The van der Waals surface area contributed by atoms with Gasteiger partial charge in [0.1, 0.15) is 17.5 Å². The van der Waals surface area contributed by atoms with Gasteiger partial charge >= 0.3 is 0 Å². The molecule has 1 fully saturated rings. The van der Waals surface area contributed by atoms with Gasteiger partial charge in [0.2, 0.25) is 5.85 Å². The molecule has 120 valence electrons. The predicted octanol–water partition coefficient (Wildman–Crippen LogP) is 2.94. The van der Waals surface area contributed by atoms with E-state index in [0.717, 1.165) is 5.84 Å². The Morgan fingerprint density at radius 2 is 2.05 bits per heavy atom. The molecule has 0 aliphatic carbocycles. The fraction of sp³-hybridized carbons (Fsp3) is 0.562. The number of ether oxygens (including phenoxy) is 1. The summed E-state index contributed by atoms with van der Waals surface area (Å²) in [7, 11) is 0. The number of rotatable bonds is 3. The van der Waals surface area contributed by atoms with Crippen LogP contribution in [-0.4, -0.2) is 29.7 Å². The number of amidine groups is 1. The highest BCUT2D eigenvalue weighted by molar-refractivity contribution is 5.89. The number of hydrazone groups is 1. The Hall–Kier alpha value is -1.69. The highest BCUT2D eigenvalue weighted by atomic mass is 19.1. The van der Waals surface area contributed by atoms with Crippen molar-refractivity contribution in [3.63, 3.8) is 0 Å². The molecule has 22 heavy (non-hydrogen) atoms. The summed E-state index contributed by atoms with van der Waals surface area (Å²) in [6.45, 7) is 8.41. The first-order chi connectivity index (χ1) is 10.4. The van der Waals surface area contributed by atoms with Gasteiger partial charge in [-0.15, -0.1) is 0 Å². The number of hydrogen-bond acceptors (Lipinski definition) is 4. The fourth-order valence-corrected chi connectivity index (χ4v) is 3.45. The molecule has 4 nitrogen and oxygen atoms in total. The maximum absolute atomic E-state index is 14.3. The molecule has 0 bridgehead atoms. The summed E-state index contributed by atoms with van der Waals surface area (Å²) < 4.78 is 34.3. The van der Waals surface area contributed by atoms with Crippen LogP contribution < -0.4 is 5.43 Å². The van der Waals surface area contributed by atoms with E-state index in [-0.39, 0.29) is 17.4 Å². The number of halogens is 2. The summed E-state index contributed by atoms with van der Waals surface area (Å²) in [5, 5.41) is 4.33. The van der Waals surface area contributed by atoms with Crippen molar-refractivity contribution < 1.29 is 13.5 Å². The zero-order valence-electron chi connectivity index (χ0n) is 13.3. The summed E-state index contributed by atoms with van der Waals surface area (Å²) in [6, 6.07) is 2.77. The van der Waals surface area contributed by atoms with Crippen LogP contribution in [0.15, 0.2) is 17.2 Å². The van der Waals surface area contributed by atoms with Crippen LogP contribution in [0.3, 0.4) is 0 Å². The van der Waals surface area contributed by atoms with Gasteiger partial charge in [0.25, 0.3) is 0 Å². The van der Waals surface area contributed by atoms with E-state index in [2.05, 4.69) is 10.5 Å². The van der Waals surface area contributed by atoms with Gasteiger partial charge in [-0.25, -0.2) is 8.78 Å². The molecule has 3 atom stereocenters. The van der Waals surface area contributed by atoms with E-state index in [1.165, 1.54) is 12.1 Å². The van der Waals surface area contributed by atoms with E-state index in [9.17, 15) is 8.78 Å². The van der Waals surface area contributed by atoms with Crippen LogP contribution >= 0.6 is 0 Å². The average molecular weight is 309 g/mol. The predicted molar refractivity (Wildman–Crippen MR) is 80.3 cm³/mol. The standard InChI is InChI=1S/C16H21F2N3O/c1-5-22-16(4)20-19-15-10(3)11(8-21(15)16)14-12(17)6-9(2)7-13(14)18/h6-7,10-11,20H,5,8H2,1-4H3/t10-,11+,16?/m0/s1. The first kappa shape index (κ1) is 15.2. The van der Waals surface area contributed by atoms with Gasteiger partial charge in [-0.1, -0.05) is 6.92 Å². The molecule has 6 heteroatoms. The number of nitrogens with zero attached hydrogens (tertiary/aromatic N) is 2. The Morgan fingerprint density at radius 1 is 1.41 bits per heavy atom. The largest absolute Gasteiger partial charge is 0.338 e. The summed E-state index contributed by atoms with van der Waals surface area (Å²) in [5.41, 5.74) is 3.71. The Morgan fingerprint density at radius 3 is 2.64 bits per heavy atom. The minimum atomic E-state index is -0.745. The van der Waals surface area contributed by atoms with Crippen molar-refractivity contribution in [2.45, 2.75) is 39.5 Å². The molecule has 0 amide bonds. The van der Waals surface area contributed by atoms with Crippen LogP contribution in [0.5, 0.6) is 0 Å². The molecule has 1 aromatic rings. The van der Waals surface area contributed by atoms with Crippen LogP contribution in [0.4, 0.5) is 8.78 Å². The molecule has 1 N–H and O–H groups in total.